The van der Waals surface area contributed by atoms with Crippen LogP contribution in [0.2, 0.25) is 0 Å². The Labute approximate surface area is 159 Å². The quantitative estimate of drug-likeness (QED) is 0.829. The Morgan fingerprint density at radius 3 is 2.30 bits per heavy atom. The summed E-state index contributed by atoms with van der Waals surface area (Å²) in [6.07, 6.45) is 1.54. The molecule has 1 aliphatic heterocycles. The molecule has 1 aliphatic rings. The van der Waals surface area contributed by atoms with Gasteiger partial charge in [0.25, 0.3) is 11.8 Å². The Balaban J connectivity index is 1.70. The van der Waals surface area contributed by atoms with Gasteiger partial charge in [0.05, 0.1) is 0 Å². The van der Waals surface area contributed by atoms with Crippen LogP contribution in [0.4, 0.5) is 4.39 Å². The van der Waals surface area contributed by atoms with Gasteiger partial charge in [0.1, 0.15) is 5.82 Å². The molecule has 0 spiro atoms. The average molecular weight is 368 g/mol. The van der Waals surface area contributed by atoms with Gasteiger partial charge in [-0.2, -0.15) is 0 Å². The van der Waals surface area contributed by atoms with E-state index < -0.39 is 0 Å². The number of carbonyl (C=O) groups excluding carboxylic acids is 2. The van der Waals surface area contributed by atoms with Crippen molar-refractivity contribution < 1.29 is 14.0 Å². The lowest BCUT2D eigenvalue weighted by Gasteiger charge is -2.23. The van der Waals surface area contributed by atoms with Crippen LogP contribution in [0.15, 0.2) is 42.5 Å². The van der Waals surface area contributed by atoms with Crippen LogP contribution in [0.1, 0.15) is 45.2 Å². The lowest BCUT2D eigenvalue weighted by Crippen LogP contribution is -2.37. The van der Waals surface area contributed by atoms with Crippen LogP contribution in [0.25, 0.3) is 0 Å². The van der Waals surface area contributed by atoms with E-state index in [1.165, 1.54) is 12.1 Å². The van der Waals surface area contributed by atoms with E-state index in [9.17, 15) is 14.0 Å². The first-order valence-corrected chi connectivity index (χ1v) is 9.44. The standard InChI is InChI=1S/C22H25FN2O2/c1-3-17-7-4-5-8-19(17)22(27)25-12-6-11-24(13-14-25)21(26)18-9-10-20(23)16(2)15-18/h4-5,7-10,15H,3,6,11-14H2,1-2H3. The molecule has 0 unspecified atom stereocenters. The number of amides is 2. The maximum absolute atomic E-state index is 13.5. The van der Waals surface area contributed by atoms with E-state index in [-0.39, 0.29) is 17.6 Å². The molecule has 2 amide bonds. The van der Waals surface area contributed by atoms with Crippen LogP contribution in [0.3, 0.4) is 0 Å². The third-order valence-electron chi connectivity index (χ3n) is 5.10. The first-order chi connectivity index (χ1) is 13.0. The molecule has 1 fully saturated rings. The fourth-order valence-electron chi connectivity index (χ4n) is 3.49. The fourth-order valence-corrected chi connectivity index (χ4v) is 3.49. The zero-order valence-electron chi connectivity index (χ0n) is 15.9. The summed E-state index contributed by atoms with van der Waals surface area (Å²) in [4.78, 5) is 29.3. The summed E-state index contributed by atoms with van der Waals surface area (Å²) in [5, 5.41) is 0. The summed E-state index contributed by atoms with van der Waals surface area (Å²) >= 11 is 0. The van der Waals surface area contributed by atoms with Gasteiger partial charge in [-0.25, -0.2) is 4.39 Å². The van der Waals surface area contributed by atoms with Crippen molar-refractivity contribution >= 4 is 11.8 Å². The molecule has 4 nitrogen and oxygen atoms in total. The first kappa shape index (κ1) is 19.1. The largest absolute Gasteiger partial charge is 0.337 e. The summed E-state index contributed by atoms with van der Waals surface area (Å²) < 4.78 is 13.5. The van der Waals surface area contributed by atoms with E-state index in [1.807, 2.05) is 36.1 Å². The number of carbonyl (C=O) groups is 2. The Hall–Kier alpha value is -2.69. The summed E-state index contributed by atoms with van der Waals surface area (Å²) in [5.74, 6) is -0.394. The molecule has 0 atom stereocenters. The van der Waals surface area contributed by atoms with Crippen molar-refractivity contribution in [2.45, 2.75) is 26.7 Å². The maximum atomic E-state index is 13.5. The lowest BCUT2D eigenvalue weighted by atomic mass is 10.0. The predicted molar refractivity (Wildman–Crippen MR) is 103 cm³/mol. The first-order valence-electron chi connectivity index (χ1n) is 9.44. The van der Waals surface area contributed by atoms with E-state index >= 15 is 0 Å². The van der Waals surface area contributed by atoms with Gasteiger partial charge in [0.2, 0.25) is 0 Å². The normalized spacial score (nSPS) is 14.8. The molecule has 27 heavy (non-hydrogen) atoms. The van der Waals surface area contributed by atoms with Crippen molar-refractivity contribution in [2.75, 3.05) is 26.2 Å². The summed E-state index contributed by atoms with van der Waals surface area (Å²) in [6, 6.07) is 12.1. The summed E-state index contributed by atoms with van der Waals surface area (Å²) in [7, 11) is 0. The summed E-state index contributed by atoms with van der Waals surface area (Å²) in [5.41, 5.74) is 2.74. The second kappa shape index (κ2) is 8.33. The molecule has 142 valence electrons. The van der Waals surface area contributed by atoms with Gasteiger partial charge in [-0.05, 0) is 55.2 Å². The van der Waals surface area contributed by atoms with E-state index in [4.69, 9.17) is 0 Å². The van der Waals surface area contributed by atoms with Crippen LogP contribution < -0.4 is 0 Å². The van der Waals surface area contributed by atoms with Crippen molar-refractivity contribution in [1.29, 1.82) is 0 Å². The van der Waals surface area contributed by atoms with E-state index in [1.54, 1.807) is 17.9 Å². The molecule has 5 heteroatoms. The third kappa shape index (κ3) is 4.18. The molecule has 2 aromatic carbocycles. The second-order valence-electron chi connectivity index (χ2n) is 6.91. The smallest absolute Gasteiger partial charge is 0.254 e. The third-order valence-corrected chi connectivity index (χ3v) is 5.10. The van der Waals surface area contributed by atoms with Crippen molar-refractivity contribution in [3.8, 4) is 0 Å². The van der Waals surface area contributed by atoms with Crippen LogP contribution in [0, 0.1) is 12.7 Å². The van der Waals surface area contributed by atoms with Crippen LogP contribution in [-0.2, 0) is 6.42 Å². The van der Waals surface area contributed by atoms with Gasteiger partial charge in [0, 0.05) is 37.3 Å². The SMILES string of the molecule is CCc1ccccc1C(=O)N1CCCN(C(=O)c2ccc(F)c(C)c2)CC1. The number of benzene rings is 2. The molecule has 0 N–H and O–H groups in total. The molecular formula is C22H25FN2O2. The Morgan fingerprint density at radius 1 is 0.963 bits per heavy atom. The predicted octanol–water partition coefficient (Wildman–Crippen LogP) is 3.68. The molecular weight excluding hydrogens is 343 g/mol. The number of nitrogens with zero attached hydrogens (tertiary/aromatic N) is 2. The lowest BCUT2D eigenvalue weighted by molar-refractivity contribution is 0.0718. The van der Waals surface area contributed by atoms with Gasteiger partial charge < -0.3 is 9.80 Å². The zero-order valence-corrected chi connectivity index (χ0v) is 15.9. The minimum absolute atomic E-state index is 0.0272. The highest BCUT2D eigenvalue weighted by Crippen LogP contribution is 2.16. The molecule has 0 aliphatic carbocycles. The topological polar surface area (TPSA) is 40.6 Å². The summed E-state index contributed by atoms with van der Waals surface area (Å²) in [6.45, 7) is 5.90. The molecule has 1 saturated heterocycles. The van der Waals surface area contributed by atoms with Crippen molar-refractivity contribution in [3.63, 3.8) is 0 Å². The van der Waals surface area contributed by atoms with Crippen LogP contribution in [0.5, 0.6) is 0 Å². The Bertz CT molecular complexity index is 850. The molecule has 3 rings (SSSR count). The van der Waals surface area contributed by atoms with Crippen molar-refractivity contribution in [3.05, 3.63) is 70.5 Å². The number of aryl methyl sites for hydroxylation is 2. The minimum atomic E-state index is -0.311. The maximum Gasteiger partial charge on any atom is 0.254 e. The minimum Gasteiger partial charge on any atom is -0.337 e. The second-order valence-corrected chi connectivity index (χ2v) is 6.91. The van der Waals surface area contributed by atoms with Crippen LogP contribution in [-0.4, -0.2) is 47.8 Å². The van der Waals surface area contributed by atoms with E-state index in [2.05, 4.69) is 0 Å². The molecule has 2 aromatic rings. The number of halogens is 1. The highest BCUT2D eigenvalue weighted by Gasteiger charge is 2.24. The number of rotatable bonds is 3. The zero-order chi connectivity index (χ0) is 19.4. The highest BCUT2D eigenvalue weighted by atomic mass is 19.1. The Morgan fingerprint density at radius 2 is 1.63 bits per heavy atom. The monoisotopic (exact) mass is 368 g/mol. The molecule has 1 heterocycles. The Kier molecular flexibility index (Phi) is 5.89. The van der Waals surface area contributed by atoms with Crippen molar-refractivity contribution in [1.82, 2.24) is 9.80 Å². The van der Waals surface area contributed by atoms with Gasteiger partial charge in [-0.15, -0.1) is 0 Å². The van der Waals surface area contributed by atoms with E-state index in [0.29, 0.717) is 37.3 Å². The van der Waals surface area contributed by atoms with Gasteiger partial charge >= 0.3 is 0 Å². The van der Waals surface area contributed by atoms with Gasteiger partial charge in [-0.3, -0.25) is 9.59 Å². The van der Waals surface area contributed by atoms with Gasteiger partial charge in [-0.1, -0.05) is 25.1 Å². The highest BCUT2D eigenvalue weighted by molar-refractivity contribution is 5.96. The molecule has 0 saturated carbocycles. The van der Waals surface area contributed by atoms with Crippen molar-refractivity contribution in [2.24, 2.45) is 0 Å². The molecule has 0 radical (unpaired) electrons. The fraction of sp³-hybridized carbons (Fsp3) is 0.364. The number of hydrogen-bond donors (Lipinski definition) is 0. The molecule has 0 bridgehead atoms. The van der Waals surface area contributed by atoms with E-state index in [0.717, 1.165) is 24.0 Å². The number of hydrogen-bond acceptors (Lipinski definition) is 2. The average Bonchev–Trinajstić information content (AvgIpc) is 2.95. The molecule has 0 aromatic heterocycles. The van der Waals surface area contributed by atoms with Crippen LogP contribution >= 0.6 is 0 Å². The van der Waals surface area contributed by atoms with Gasteiger partial charge in [0.15, 0.2) is 0 Å².